The van der Waals surface area contributed by atoms with E-state index in [1.54, 1.807) is 50.7 Å². The lowest BCUT2D eigenvalue weighted by atomic mass is 9.52. The van der Waals surface area contributed by atoms with Crippen LogP contribution in [0.3, 0.4) is 0 Å². The third-order valence-corrected chi connectivity index (χ3v) is 18.9. The van der Waals surface area contributed by atoms with Crippen molar-refractivity contribution in [3.63, 3.8) is 0 Å². The van der Waals surface area contributed by atoms with Crippen molar-refractivity contribution in [2.24, 2.45) is 57.2 Å². The molecule has 0 aliphatic heterocycles. The number of ether oxygens (including phenoxy) is 4. The molecule has 298 valence electrons. The van der Waals surface area contributed by atoms with E-state index < -0.39 is 17.2 Å². The number of Topliss-reactive ketones (excluding diaryl/α,β-unsaturated/α-hetero) is 1. The van der Waals surface area contributed by atoms with Gasteiger partial charge in [-0.1, -0.05) is 48.0 Å². The SMILES string of the molecule is COC1(OC)CCC2=C(CCC3C2CC[C@@]2(C)C3CC3(CC3)[C@@]2(O)C#CCO)C1.COC1(OC)CCC2=C(CCC3C2CC[C@]2(C)C(=O)C4(CC4)CC32)C1. The fourth-order valence-electron chi connectivity index (χ4n) is 15.4. The second-order valence-electron chi connectivity index (χ2n) is 20.5. The predicted octanol–water partition coefficient (Wildman–Crippen LogP) is 8.46. The van der Waals surface area contributed by atoms with Gasteiger partial charge < -0.3 is 29.2 Å². The first kappa shape index (κ1) is 38.0. The summed E-state index contributed by atoms with van der Waals surface area (Å²) in [5, 5.41) is 21.2. The zero-order valence-electron chi connectivity index (χ0n) is 34.2. The van der Waals surface area contributed by atoms with Crippen molar-refractivity contribution in [3.8, 4) is 11.8 Å². The highest BCUT2D eigenvalue weighted by molar-refractivity contribution is 5.95. The van der Waals surface area contributed by atoms with Gasteiger partial charge in [-0.3, -0.25) is 4.79 Å². The Kier molecular flexibility index (Phi) is 9.14. The van der Waals surface area contributed by atoms with Crippen LogP contribution in [0.15, 0.2) is 22.3 Å². The lowest BCUT2D eigenvalue weighted by molar-refractivity contribution is -0.213. The van der Waals surface area contributed by atoms with Gasteiger partial charge in [0.1, 0.15) is 18.0 Å². The van der Waals surface area contributed by atoms with Gasteiger partial charge in [0.25, 0.3) is 0 Å². The molecule has 0 radical (unpaired) electrons. The zero-order valence-corrected chi connectivity index (χ0v) is 34.2. The van der Waals surface area contributed by atoms with E-state index in [9.17, 15) is 15.0 Å². The van der Waals surface area contributed by atoms with E-state index in [0.29, 0.717) is 29.5 Å². The van der Waals surface area contributed by atoms with Crippen LogP contribution in [0.5, 0.6) is 0 Å². The Bertz CT molecular complexity index is 1660. The Balaban J connectivity index is 0.000000144. The zero-order chi connectivity index (χ0) is 37.9. The molecule has 0 saturated heterocycles. The summed E-state index contributed by atoms with van der Waals surface area (Å²) in [4.78, 5) is 13.1. The van der Waals surface area contributed by atoms with Crippen LogP contribution in [0.4, 0.5) is 0 Å². The summed E-state index contributed by atoms with van der Waals surface area (Å²) in [6.45, 7) is 4.45. The summed E-state index contributed by atoms with van der Waals surface area (Å²) >= 11 is 0. The molecule has 0 bridgehead atoms. The summed E-state index contributed by atoms with van der Waals surface area (Å²) in [7, 11) is 7.11. The van der Waals surface area contributed by atoms with Crippen LogP contribution >= 0.6 is 0 Å². The number of methoxy groups -OCH3 is 4. The molecule has 6 saturated carbocycles. The summed E-state index contributed by atoms with van der Waals surface area (Å²) < 4.78 is 23.0. The van der Waals surface area contributed by atoms with E-state index in [2.05, 4.69) is 25.7 Å². The summed E-state index contributed by atoms with van der Waals surface area (Å²) in [5.74, 6) is 9.83. The fourth-order valence-corrected chi connectivity index (χ4v) is 15.4. The minimum Gasteiger partial charge on any atom is -0.384 e. The number of ketones is 1. The molecule has 7 heteroatoms. The van der Waals surface area contributed by atoms with Crippen LogP contribution in [0.2, 0.25) is 0 Å². The maximum absolute atomic E-state index is 13.1. The first-order valence-electron chi connectivity index (χ1n) is 21.8. The Labute approximate surface area is 324 Å². The summed E-state index contributed by atoms with van der Waals surface area (Å²) in [6.07, 6.45) is 22.2. The van der Waals surface area contributed by atoms with Crippen molar-refractivity contribution in [2.75, 3.05) is 35.0 Å². The second kappa shape index (κ2) is 13.0. The van der Waals surface area contributed by atoms with E-state index in [1.807, 2.05) is 0 Å². The van der Waals surface area contributed by atoms with Crippen LogP contribution in [-0.4, -0.2) is 68.2 Å². The lowest BCUT2D eigenvalue weighted by Crippen LogP contribution is -2.53. The Morgan fingerprint density at radius 1 is 0.667 bits per heavy atom. The third kappa shape index (κ3) is 5.24. The van der Waals surface area contributed by atoms with E-state index in [1.165, 1.54) is 44.9 Å². The quantitative estimate of drug-likeness (QED) is 0.170. The number of hydrogen-bond donors (Lipinski definition) is 2. The van der Waals surface area contributed by atoms with E-state index in [-0.39, 0.29) is 28.3 Å². The molecule has 0 aromatic heterocycles. The lowest BCUT2D eigenvalue weighted by Gasteiger charge is -2.54. The van der Waals surface area contributed by atoms with Crippen molar-refractivity contribution in [1.82, 2.24) is 0 Å². The van der Waals surface area contributed by atoms with Gasteiger partial charge in [0.2, 0.25) is 0 Å². The van der Waals surface area contributed by atoms with Gasteiger partial charge in [0.15, 0.2) is 11.6 Å². The topological polar surface area (TPSA) is 94.5 Å². The second-order valence-corrected chi connectivity index (χ2v) is 20.5. The molecule has 10 rings (SSSR count). The normalized spacial score (nSPS) is 43.7. The van der Waals surface area contributed by atoms with Gasteiger partial charge in [0, 0.05) is 75.8 Å². The fraction of sp³-hybridized carbons (Fsp3) is 0.851. The van der Waals surface area contributed by atoms with Gasteiger partial charge in [-0.05, 0) is 138 Å². The van der Waals surface area contributed by atoms with Crippen molar-refractivity contribution in [1.29, 1.82) is 0 Å². The average molecular weight is 745 g/mol. The molecule has 0 aromatic carbocycles. The molecule has 7 nitrogen and oxygen atoms in total. The van der Waals surface area contributed by atoms with Crippen molar-refractivity contribution >= 4 is 5.78 Å². The highest BCUT2D eigenvalue weighted by atomic mass is 16.7. The predicted molar refractivity (Wildman–Crippen MR) is 207 cm³/mol. The monoisotopic (exact) mass is 744 g/mol. The van der Waals surface area contributed by atoms with E-state index in [4.69, 9.17) is 18.9 Å². The standard InChI is InChI=1S/C25H36O4.C22H32O3/c1-22-10-7-19-18-8-11-24(28-2,29-3)15-17(18)5-6-20(19)21(22)16-23(12-13-23)25(22,27)9-4-14-26;1-20-8-6-16-15-7-9-22(24-2,25-3)12-14(15)4-5-17(16)18(20)13-21(10-11-21)19(20)23/h19-21,26-27H,5-8,10-16H2,1-3H3;16-18H,4-13H2,1-3H3/t19?,20?,21?,22-,25+;16?,17?,18?,20-/m00/s1. The number of carbonyl (C=O) groups excluding carboxylic acids is 1. The number of allylic oxidation sites excluding steroid dienone is 2. The molecule has 6 fully saturated rings. The molecule has 2 N–H and O–H groups in total. The minimum atomic E-state index is -0.930. The minimum absolute atomic E-state index is 0.00673. The number of aliphatic hydroxyl groups excluding tert-OH is 1. The molecular weight excluding hydrogens is 677 g/mol. The van der Waals surface area contributed by atoms with Crippen LogP contribution in [0, 0.1) is 69.0 Å². The molecule has 10 aliphatic carbocycles. The van der Waals surface area contributed by atoms with Gasteiger partial charge >= 0.3 is 0 Å². The van der Waals surface area contributed by atoms with Crippen molar-refractivity contribution in [3.05, 3.63) is 22.3 Å². The molecule has 9 atom stereocenters. The first-order chi connectivity index (χ1) is 25.8. The molecule has 2 spiro atoms. The Morgan fingerprint density at radius 3 is 1.70 bits per heavy atom. The molecule has 6 unspecified atom stereocenters. The van der Waals surface area contributed by atoms with Gasteiger partial charge in [-0.2, -0.15) is 0 Å². The maximum atomic E-state index is 13.1. The van der Waals surface area contributed by atoms with E-state index >= 15 is 0 Å². The number of rotatable bonds is 4. The van der Waals surface area contributed by atoms with Crippen LogP contribution in [-0.2, 0) is 23.7 Å². The average Bonchev–Trinajstić information content (AvgIpc) is 4.13. The first-order valence-corrected chi connectivity index (χ1v) is 21.8. The molecule has 0 aromatic rings. The molecule has 10 aliphatic rings. The van der Waals surface area contributed by atoms with E-state index in [0.717, 1.165) is 95.3 Å². The van der Waals surface area contributed by atoms with Gasteiger partial charge in [0.05, 0.1) is 0 Å². The smallest absolute Gasteiger partial charge is 0.171 e. The number of fused-ring (bicyclic) bond motifs is 8. The Morgan fingerprint density at radius 2 is 1.20 bits per heavy atom. The molecule has 0 heterocycles. The van der Waals surface area contributed by atoms with Crippen molar-refractivity contribution < 1.29 is 34.0 Å². The third-order valence-electron chi connectivity index (χ3n) is 18.9. The number of carbonyl (C=O) groups is 1. The van der Waals surface area contributed by atoms with Gasteiger partial charge in [-0.15, -0.1) is 0 Å². The highest BCUT2D eigenvalue weighted by Crippen LogP contribution is 2.76. The summed E-state index contributed by atoms with van der Waals surface area (Å²) in [6, 6.07) is 0. The number of hydrogen-bond acceptors (Lipinski definition) is 7. The van der Waals surface area contributed by atoms with Crippen LogP contribution < -0.4 is 0 Å². The molecule has 0 amide bonds. The molecular formula is C47H68O7. The van der Waals surface area contributed by atoms with Crippen LogP contribution in [0.1, 0.15) is 142 Å². The highest BCUT2D eigenvalue weighted by Gasteiger charge is 2.75. The van der Waals surface area contributed by atoms with Crippen molar-refractivity contribution in [2.45, 2.75) is 159 Å². The number of aliphatic hydroxyl groups is 2. The van der Waals surface area contributed by atoms with Crippen LogP contribution in [0.25, 0.3) is 0 Å². The van der Waals surface area contributed by atoms with Gasteiger partial charge in [-0.25, -0.2) is 0 Å². The summed E-state index contributed by atoms with van der Waals surface area (Å²) in [5.41, 5.74) is 5.63. The molecule has 54 heavy (non-hydrogen) atoms. The largest absolute Gasteiger partial charge is 0.384 e. The Hall–Kier alpha value is -1.53. The maximum Gasteiger partial charge on any atom is 0.171 e.